The minimum Gasteiger partial charge on any atom is -0.288 e. The average molecular weight is 306 g/mol. The number of hydrogen-bond acceptors (Lipinski definition) is 5. The number of imide groups is 1. The molecule has 0 unspecified atom stereocenters. The molecule has 8 heteroatoms. The van der Waals surface area contributed by atoms with Gasteiger partial charge >= 0.3 is 0 Å². The number of amides is 2. The highest BCUT2D eigenvalue weighted by atomic mass is 35.5. The number of nitrogens with zero attached hydrogens (tertiary/aromatic N) is 2. The Hall–Kier alpha value is -2.80. The molecular weight excluding hydrogens is 298 g/mol. The van der Waals surface area contributed by atoms with Gasteiger partial charge in [0.2, 0.25) is 0 Å². The highest BCUT2D eigenvalue weighted by Crippen LogP contribution is 2.16. The summed E-state index contributed by atoms with van der Waals surface area (Å²) in [4.78, 5) is 37.4. The lowest BCUT2D eigenvalue weighted by Crippen LogP contribution is -2.30. The zero-order chi connectivity index (χ0) is 15.4. The highest BCUT2D eigenvalue weighted by molar-refractivity contribution is 6.30. The van der Waals surface area contributed by atoms with Gasteiger partial charge in [-0.25, -0.2) is 0 Å². The number of nitro groups is 1. The molecule has 0 saturated heterocycles. The topological polar surface area (TPSA) is 102 Å². The molecule has 1 heterocycles. The largest absolute Gasteiger partial charge is 0.300 e. The summed E-state index contributed by atoms with van der Waals surface area (Å²) in [6.45, 7) is 0. The molecule has 0 saturated carbocycles. The molecule has 0 bridgehead atoms. The summed E-state index contributed by atoms with van der Waals surface area (Å²) in [5.41, 5.74) is -0.499. The van der Waals surface area contributed by atoms with Crippen LogP contribution in [0, 0.1) is 10.1 Å². The second-order valence-corrected chi connectivity index (χ2v) is 4.38. The van der Waals surface area contributed by atoms with E-state index in [1.54, 1.807) is 0 Å². The minimum absolute atomic E-state index is 0.212. The number of aromatic nitrogens is 1. The van der Waals surface area contributed by atoms with Crippen molar-refractivity contribution in [1.29, 1.82) is 0 Å². The van der Waals surface area contributed by atoms with E-state index in [-0.39, 0.29) is 11.1 Å². The van der Waals surface area contributed by atoms with Crippen molar-refractivity contribution in [2.24, 2.45) is 0 Å². The zero-order valence-electron chi connectivity index (χ0n) is 10.4. The van der Waals surface area contributed by atoms with Gasteiger partial charge < -0.3 is 0 Å². The van der Waals surface area contributed by atoms with Gasteiger partial charge in [0.25, 0.3) is 17.5 Å². The van der Waals surface area contributed by atoms with Crippen molar-refractivity contribution in [2.75, 3.05) is 0 Å². The number of pyridine rings is 1. The van der Waals surface area contributed by atoms with E-state index in [0.717, 1.165) is 6.20 Å². The number of benzene rings is 1. The number of halogens is 1. The van der Waals surface area contributed by atoms with E-state index >= 15 is 0 Å². The molecule has 21 heavy (non-hydrogen) atoms. The Morgan fingerprint density at radius 1 is 1.14 bits per heavy atom. The van der Waals surface area contributed by atoms with Crippen LogP contribution in [0.15, 0.2) is 42.7 Å². The number of rotatable bonds is 3. The lowest BCUT2D eigenvalue weighted by Gasteiger charge is -2.04. The quantitative estimate of drug-likeness (QED) is 0.532. The third-order valence-corrected chi connectivity index (χ3v) is 2.83. The Kier molecular flexibility index (Phi) is 4.24. The van der Waals surface area contributed by atoms with Gasteiger partial charge in [0, 0.05) is 16.8 Å². The van der Waals surface area contributed by atoms with Gasteiger partial charge in [0.05, 0.1) is 4.92 Å². The molecule has 2 aromatic rings. The van der Waals surface area contributed by atoms with Crippen molar-refractivity contribution in [2.45, 2.75) is 0 Å². The Morgan fingerprint density at radius 3 is 2.43 bits per heavy atom. The molecule has 0 aliphatic rings. The monoisotopic (exact) mass is 305 g/mol. The molecule has 0 fully saturated rings. The summed E-state index contributed by atoms with van der Waals surface area (Å²) >= 11 is 5.69. The van der Waals surface area contributed by atoms with Crippen LogP contribution in [0.2, 0.25) is 5.02 Å². The molecule has 106 valence electrons. The smallest absolute Gasteiger partial charge is 0.288 e. The third kappa shape index (κ3) is 3.40. The second-order valence-electron chi connectivity index (χ2n) is 3.94. The van der Waals surface area contributed by atoms with Gasteiger partial charge in [0.1, 0.15) is 11.8 Å². The molecule has 1 aromatic carbocycles. The van der Waals surface area contributed by atoms with Crippen molar-refractivity contribution in [3.63, 3.8) is 0 Å². The molecule has 0 aliphatic heterocycles. The average Bonchev–Trinajstić information content (AvgIpc) is 2.47. The third-order valence-electron chi connectivity index (χ3n) is 2.57. The normalized spacial score (nSPS) is 9.95. The lowest BCUT2D eigenvalue weighted by molar-refractivity contribution is -0.385. The first-order valence-corrected chi connectivity index (χ1v) is 6.06. The Bertz CT molecular complexity index is 716. The van der Waals surface area contributed by atoms with Crippen LogP contribution in [0.3, 0.4) is 0 Å². The van der Waals surface area contributed by atoms with Crippen LogP contribution in [0.4, 0.5) is 5.69 Å². The van der Waals surface area contributed by atoms with Gasteiger partial charge in [-0.1, -0.05) is 11.6 Å². The van der Waals surface area contributed by atoms with E-state index in [2.05, 4.69) is 10.3 Å². The number of carbonyl (C=O) groups is 2. The zero-order valence-corrected chi connectivity index (χ0v) is 11.2. The van der Waals surface area contributed by atoms with Crippen LogP contribution in [-0.4, -0.2) is 21.7 Å². The van der Waals surface area contributed by atoms with Gasteiger partial charge in [-0.15, -0.1) is 0 Å². The fourth-order valence-corrected chi connectivity index (χ4v) is 1.69. The van der Waals surface area contributed by atoms with E-state index in [4.69, 9.17) is 11.6 Å². The predicted molar refractivity (Wildman–Crippen MR) is 74.1 cm³/mol. The summed E-state index contributed by atoms with van der Waals surface area (Å²) < 4.78 is 0. The number of hydrogen-bond donors (Lipinski definition) is 1. The molecule has 0 aliphatic carbocycles. The Labute approximate surface area is 123 Å². The lowest BCUT2D eigenvalue weighted by atomic mass is 10.2. The SMILES string of the molecule is O=C(NC(=O)c1ccncc1[N+](=O)[O-])c1ccc(Cl)cc1. The first-order valence-electron chi connectivity index (χ1n) is 5.68. The fraction of sp³-hybridized carbons (Fsp3) is 0. The molecule has 0 radical (unpaired) electrons. The summed E-state index contributed by atoms with van der Waals surface area (Å²) in [5, 5.41) is 13.3. The Balaban J connectivity index is 2.20. The predicted octanol–water partition coefficient (Wildman–Crippen LogP) is 2.21. The molecule has 0 spiro atoms. The highest BCUT2D eigenvalue weighted by Gasteiger charge is 2.21. The van der Waals surface area contributed by atoms with Crippen LogP contribution in [0.25, 0.3) is 0 Å². The molecule has 2 rings (SSSR count). The van der Waals surface area contributed by atoms with Gasteiger partial charge in [-0.2, -0.15) is 0 Å². The van der Waals surface area contributed by atoms with E-state index in [9.17, 15) is 19.7 Å². The van der Waals surface area contributed by atoms with Crippen LogP contribution in [-0.2, 0) is 0 Å². The number of nitrogens with one attached hydrogen (secondary N) is 1. The standard InChI is InChI=1S/C13H8ClN3O4/c14-9-3-1-8(2-4-9)12(18)16-13(19)10-5-6-15-7-11(10)17(20)21/h1-7H,(H,16,18,19). The summed E-state index contributed by atoms with van der Waals surface area (Å²) in [7, 11) is 0. The van der Waals surface area contributed by atoms with Crippen molar-refractivity contribution in [1.82, 2.24) is 10.3 Å². The second kappa shape index (κ2) is 6.10. The van der Waals surface area contributed by atoms with E-state index in [1.807, 2.05) is 0 Å². The first-order chi connectivity index (χ1) is 9.99. The van der Waals surface area contributed by atoms with Crippen molar-refractivity contribution in [3.05, 3.63) is 69.0 Å². The van der Waals surface area contributed by atoms with Crippen LogP contribution >= 0.6 is 11.6 Å². The maximum atomic E-state index is 11.9. The van der Waals surface area contributed by atoms with Crippen molar-refractivity contribution in [3.8, 4) is 0 Å². The van der Waals surface area contributed by atoms with Gasteiger partial charge in [0.15, 0.2) is 0 Å². The molecule has 7 nitrogen and oxygen atoms in total. The van der Waals surface area contributed by atoms with Crippen LogP contribution < -0.4 is 5.32 Å². The van der Waals surface area contributed by atoms with Crippen LogP contribution in [0.5, 0.6) is 0 Å². The maximum absolute atomic E-state index is 11.9. The van der Waals surface area contributed by atoms with Crippen molar-refractivity contribution < 1.29 is 14.5 Å². The van der Waals surface area contributed by atoms with E-state index < -0.39 is 22.4 Å². The molecule has 1 aromatic heterocycles. The Morgan fingerprint density at radius 2 is 1.81 bits per heavy atom. The molecule has 2 amide bonds. The molecule has 0 atom stereocenters. The summed E-state index contributed by atoms with van der Waals surface area (Å²) in [6, 6.07) is 7.03. The summed E-state index contributed by atoms with van der Waals surface area (Å²) in [5.74, 6) is -1.55. The maximum Gasteiger partial charge on any atom is 0.300 e. The number of carbonyl (C=O) groups excluding carboxylic acids is 2. The van der Waals surface area contributed by atoms with Gasteiger partial charge in [-0.3, -0.25) is 30.0 Å². The van der Waals surface area contributed by atoms with E-state index in [1.165, 1.54) is 36.5 Å². The van der Waals surface area contributed by atoms with Gasteiger partial charge in [-0.05, 0) is 30.3 Å². The minimum atomic E-state index is -0.871. The van der Waals surface area contributed by atoms with Crippen LogP contribution in [0.1, 0.15) is 20.7 Å². The van der Waals surface area contributed by atoms with Crippen molar-refractivity contribution >= 4 is 29.1 Å². The summed E-state index contributed by atoms with van der Waals surface area (Å²) in [6.07, 6.45) is 2.18. The first kappa shape index (κ1) is 14.6. The van der Waals surface area contributed by atoms with E-state index in [0.29, 0.717) is 5.02 Å². The molecular formula is C13H8ClN3O4. The fourth-order valence-electron chi connectivity index (χ4n) is 1.57. The molecule has 1 N–H and O–H groups in total.